The van der Waals surface area contributed by atoms with Crippen LogP contribution < -0.4 is 0 Å². The van der Waals surface area contributed by atoms with Gasteiger partial charge in [0.15, 0.2) is 0 Å². The van der Waals surface area contributed by atoms with Crippen molar-refractivity contribution in [3.05, 3.63) is 102 Å². The number of fused-ring (bicyclic) bond motifs is 1. The largest absolute Gasteiger partial charge is 0.361 e. The van der Waals surface area contributed by atoms with E-state index >= 15 is 0 Å². The number of aromatic amines is 1. The van der Waals surface area contributed by atoms with Gasteiger partial charge in [-0.1, -0.05) is 61.4 Å². The number of aromatic nitrogens is 2. The maximum atomic E-state index is 13.7. The van der Waals surface area contributed by atoms with Gasteiger partial charge in [0.1, 0.15) is 6.54 Å². The minimum Gasteiger partial charge on any atom is -0.361 e. The topological polar surface area (TPSA) is 69.3 Å². The molecule has 4 rings (SSSR count). The van der Waals surface area contributed by atoms with Crippen LogP contribution >= 0.6 is 0 Å². The van der Waals surface area contributed by atoms with Gasteiger partial charge in [0.2, 0.25) is 5.91 Å². The zero-order valence-corrected chi connectivity index (χ0v) is 21.1. The van der Waals surface area contributed by atoms with Gasteiger partial charge in [-0.15, -0.1) is 0 Å². The molecule has 0 bridgehead atoms. The highest BCUT2D eigenvalue weighted by Gasteiger charge is 2.22. The van der Waals surface area contributed by atoms with Crippen molar-refractivity contribution >= 4 is 22.7 Å². The third-order valence-electron chi connectivity index (χ3n) is 6.49. The zero-order chi connectivity index (χ0) is 25.3. The summed E-state index contributed by atoms with van der Waals surface area (Å²) in [5, 5.41) is 1.18. The fourth-order valence-corrected chi connectivity index (χ4v) is 4.34. The summed E-state index contributed by atoms with van der Waals surface area (Å²) in [5.41, 5.74) is 5.09. The Morgan fingerprint density at radius 1 is 0.917 bits per heavy atom. The summed E-state index contributed by atoms with van der Waals surface area (Å²) >= 11 is 0. The van der Waals surface area contributed by atoms with Crippen molar-refractivity contribution < 1.29 is 9.59 Å². The van der Waals surface area contributed by atoms with Gasteiger partial charge in [0, 0.05) is 54.7 Å². The van der Waals surface area contributed by atoms with Crippen LogP contribution in [0.15, 0.2) is 79.3 Å². The van der Waals surface area contributed by atoms with Gasteiger partial charge < -0.3 is 14.8 Å². The maximum Gasteiger partial charge on any atom is 0.254 e. The van der Waals surface area contributed by atoms with Crippen LogP contribution in [0.5, 0.6) is 0 Å². The Hall–Kier alpha value is -3.93. The minimum atomic E-state index is -0.133. The van der Waals surface area contributed by atoms with E-state index in [1.807, 2.05) is 23.2 Å². The van der Waals surface area contributed by atoms with Crippen LogP contribution in [-0.4, -0.2) is 51.2 Å². The van der Waals surface area contributed by atoms with E-state index in [0.717, 1.165) is 30.3 Å². The molecule has 0 saturated carbocycles. The number of H-pyrrole nitrogens is 1. The van der Waals surface area contributed by atoms with Gasteiger partial charge >= 0.3 is 0 Å². The number of carbonyl (C=O) groups excluding carboxylic acids is 2. The highest BCUT2D eigenvalue weighted by molar-refractivity contribution is 5.96. The predicted octanol–water partition coefficient (Wildman–Crippen LogP) is 5.39. The van der Waals surface area contributed by atoms with Crippen molar-refractivity contribution in [1.82, 2.24) is 19.8 Å². The van der Waals surface area contributed by atoms with Crippen molar-refractivity contribution in [2.75, 3.05) is 19.6 Å². The fraction of sp³-hybridized carbons (Fsp3) is 0.300. The Morgan fingerprint density at radius 3 is 2.42 bits per heavy atom. The Labute approximate surface area is 213 Å². The molecular weight excluding hydrogens is 448 g/mol. The van der Waals surface area contributed by atoms with Crippen molar-refractivity contribution in [3.63, 3.8) is 0 Å². The molecule has 2 aromatic heterocycles. The molecule has 0 saturated heterocycles. The first-order chi connectivity index (χ1) is 17.5. The van der Waals surface area contributed by atoms with E-state index in [0.29, 0.717) is 25.2 Å². The highest BCUT2D eigenvalue weighted by atomic mass is 16.2. The number of nitrogens with one attached hydrogen (secondary N) is 1. The third kappa shape index (κ3) is 6.39. The lowest BCUT2D eigenvalue weighted by atomic mass is 10.1. The molecule has 186 valence electrons. The van der Waals surface area contributed by atoms with Crippen LogP contribution in [0.2, 0.25) is 0 Å². The number of amides is 2. The molecule has 6 heteroatoms. The number of aryl methyl sites for hydroxylation is 1. The number of hydrogen-bond acceptors (Lipinski definition) is 3. The highest BCUT2D eigenvalue weighted by Crippen LogP contribution is 2.19. The number of pyridine rings is 1. The normalized spacial score (nSPS) is 10.9. The van der Waals surface area contributed by atoms with Crippen LogP contribution in [-0.2, 0) is 17.8 Å². The summed E-state index contributed by atoms with van der Waals surface area (Å²) < 4.78 is 0. The van der Waals surface area contributed by atoms with Crippen LogP contribution in [0.1, 0.15) is 46.8 Å². The third-order valence-corrected chi connectivity index (χ3v) is 6.49. The molecule has 2 amide bonds. The molecule has 36 heavy (non-hydrogen) atoms. The molecule has 0 spiro atoms. The van der Waals surface area contributed by atoms with Crippen molar-refractivity contribution in [2.45, 2.75) is 39.7 Å². The van der Waals surface area contributed by atoms with Gasteiger partial charge in [-0.05, 0) is 49.1 Å². The molecule has 4 aromatic rings. The van der Waals surface area contributed by atoms with E-state index in [4.69, 9.17) is 0 Å². The Morgan fingerprint density at radius 2 is 1.67 bits per heavy atom. The van der Waals surface area contributed by atoms with Crippen molar-refractivity contribution in [3.8, 4) is 0 Å². The zero-order valence-electron chi connectivity index (χ0n) is 21.1. The van der Waals surface area contributed by atoms with Crippen molar-refractivity contribution in [1.29, 1.82) is 0 Å². The quantitative estimate of drug-likeness (QED) is 0.312. The summed E-state index contributed by atoms with van der Waals surface area (Å²) in [5.74, 6) is -0.181. The summed E-state index contributed by atoms with van der Waals surface area (Å²) in [6, 6.07) is 19.9. The molecule has 0 atom stereocenters. The first-order valence-electron chi connectivity index (χ1n) is 12.6. The Balaban J connectivity index is 1.53. The van der Waals surface area contributed by atoms with Crippen LogP contribution in [0, 0.1) is 6.92 Å². The fourth-order valence-electron chi connectivity index (χ4n) is 4.34. The number of rotatable bonds is 11. The van der Waals surface area contributed by atoms with E-state index in [-0.39, 0.29) is 18.4 Å². The first-order valence-corrected chi connectivity index (χ1v) is 12.6. The smallest absolute Gasteiger partial charge is 0.254 e. The molecule has 0 aliphatic heterocycles. The molecule has 2 heterocycles. The SMILES string of the molecule is CCCCN(CC(=O)N(CCc1c[nH]c2ccccc12)Cc1ccc(C)cc1)C(=O)c1ccncc1. The average Bonchev–Trinajstić information content (AvgIpc) is 3.33. The lowest BCUT2D eigenvalue weighted by molar-refractivity contribution is -0.132. The molecule has 0 radical (unpaired) electrons. The average molecular weight is 483 g/mol. The molecule has 1 N–H and O–H groups in total. The Kier molecular flexibility index (Phi) is 8.50. The van der Waals surface area contributed by atoms with Crippen LogP contribution in [0.25, 0.3) is 10.9 Å². The number of hydrogen-bond donors (Lipinski definition) is 1. The molecule has 0 aliphatic rings. The molecule has 2 aromatic carbocycles. The lowest BCUT2D eigenvalue weighted by Crippen LogP contribution is -2.43. The predicted molar refractivity (Wildman–Crippen MR) is 144 cm³/mol. The monoisotopic (exact) mass is 482 g/mol. The molecule has 0 aliphatic carbocycles. The standard InChI is InChI=1S/C30H34N4O2/c1-3-4-18-34(30(36)25-13-16-31-17-14-25)22-29(35)33(21-24-11-9-23(2)10-12-24)19-15-26-20-32-28-8-6-5-7-27(26)28/h5-14,16-17,20,32H,3-4,15,18-19,21-22H2,1-2H3. The van der Waals surface area contributed by atoms with Gasteiger partial charge in [-0.25, -0.2) is 0 Å². The molecule has 6 nitrogen and oxygen atoms in total. The Bertz CT molecular complexity index is 1280. The molecular formula is C30H34N4O2. The summed E-state index contributed by atoms with van der Waals surface area (Å²) in [4.78, 5) is 37.8. The summed E-state index contributed by atoms with van der Waals surface area (Å²) in [6.45, 7) is 5.82. The first kappa shape index (κ1) is 25.2. The van der Waals surface area contributed by atoms with E-state index in [2.05, 4.69) is 60.2 Å². The second kappa shape index (κ2) is 12.2. The summed E-state index contributed by atoms with van der Waals surface area (Å²) in [7, 11) is 0. The molecule has 0 unspecified atom stereocenters. The number of benzene rings is 2. The van der Waals surface area contributed by atoms with Gasteiger partial charge in [-0.2, -0.15) is 0 Å². The number of para-hydroxylation sites is 1. The van der Waals surface area contributed by atoms with E-state index in [1.165, 1.54) is 16.5 Å². The number of carbonyl (C=O) groups is 2. The molecule has 0 fully saturated rings. The van der Waals surface area contributed by atoms with E-state index in [1.54, 1.807) is 29.4 Å². The van der Waals surface area contributed by atoms with E-state index < -0.39 is 0 Å². The second-order valence-electron chi connectivity index (χ2n) is 9.23. The van der Waals surface area contributed by atoms with Gasteiger partial charge in [0.25, 0.3) is 5.91 Å². The maximum absolute atomic E-state index is 13.7. The number of nitrogens with zero attached hydrogens (tertiary/aromatic N) is 3. The van der Waals surface area contributed by atoms with Crippen LogP contribution in [0.4, 0.5) is 0 Å². The number of unbranched alkanes of at least 4 members (excludes halogenated alkanes) is 1. The van der Waals surface area contributed by atoms with Gasteiger partial charge in [-0.3, -0.25) is 14.6 Å². The van der Waals surface area contributed by atoms with E-state index in [9.17, 15) is 9.59 Å². The van der Waals surface area contributed by atoms with Crippen LogP contribution in [0.3, 0.4) is 0 Å². The van der Waals surface area contributed by atoms with Gasteiger partial charge in [0.05, 0.1) is 0 Å². The minimum absolute atomic E-state index is 0.0473. The second-order valence-corrected chi connectivity index (χ2v) is 9.23. The summed E-state index contributed by atoms with van der Waals surface area (Å²) in [6.07, 6.45) is 7.77. The van der Waals surface area contributed by atoms with Crippen molar-refractivity contribution in [2.24, 2.45) is 0 Å². The lowest BCUT2D eigenvalue weighted by Gasteiger charge is -2.28.